The van der Waals surface area contributed by atoms with Gasteiger partial charge in [-0.15, -0.1) is 0 Å². The molecule has 2 aromatic heterocycles. The lowest BCUT2D eigenvalue weighted by Crippen LogP contribution is -2.10. The second-order valence-corrected chi connectivity index (χ2v) is 17.8. The number of rotatable bonds is 5. The van der Waals surface area contributed by atoms with E-state index in [9.17, 15) is 23.7 Å². The smallest absolute Gasteiger partial charge is 0.307 e. The predicted molar refractivity (Wildman–Crippen MR) is 278 cm³/mol. The fraction of sp³-hybridized carbons (Fsp3) is 0.0476. The summed E-state index contributed by atoms with van der Waals surface area (Å²) in [5, 5.41) is 27.4. The van der Waals surface area contributed by atoms with Gasteiger partial charge in [0.15, 0.2) is 0 Å². The van der Waals surface area contributed by atoms with Crippen LogP contribution in [0.2, 0.25) is 0 Å². The third kappa shape index (κ3) is 7.24. The molecule has 0 fully saturated rings. The molecule has 332 valence electrons. The fourth-order valence-corrected chi connectivity index (χ4v) is 10.3. The van der Waals surface area contributed by atoms with Crippen LogP contribution in [-0.2, 0) is 6.18 Å². The maximum Gasteiger partial charge on any atom is 0.416 e. The van der Waals surface area contributed by atoms with Crippen molar-refractivity contribution in [3.63, 3.8) is 0 Å². The maximum absolute atomic E-state index is 14.7. The topological polar surface area (TPSA) is 57.4 Å². The van der Waals surface area contributed by atoms with Gasteiger partial charge in [0.05, 0.1) is 62.3 Å². The van der Waals surface area contributed by atoms with E-state index in [0.717, 1.165) is 112 Å². The van der Waals surface area contributed by atoms with Crippen LogP contribution in [0.25, 0.3) is 99.5 Å². The Kier molecular flexibility index (Phi) is 10.2. The van der Waals surface area contributed by atoms with Crippen molar-refractivity contribution in [3.8, 4) is 56.9 Å². The fourth-order valence-electron chi connectivity index (χ4n) is 10.3. The van der Waals surface area contributed by atoms with E-state index in [4.69, 9.17) is 0 Å². The average molecular weight is 909 g/mol. The second-order valence-electron chi connectivity index (χ2n) is 17.8. The van der Waals surface area contributed by atoms with Crippen LogP contribution in [0.15, 0.2) is 212 Å². The van der Waals surface area contributed by atoms with Crippen molar-refractivity contribution in [2.75, 3.05) is 0 Å². The summed E-state index contributed by atoms with van der Waals surface area (Å²) in [6, 6.07) is 57.7. The predicted octanol–water partition coefficient (Wildman–Crippen LogP) is 15.0. The Labute approximate surface area is 401 Å². The van der Waals surface area contributed by atoms with Gasteiger partial charge >= 0.3 is 6.18 Å². The molecule has 0 atom stereocenters. The minimum Gasteiger partial charge on any atom is -0.307 e. The minimum atomic E-state index is -4.74. The van der Waals surface area contributed by atoms with Gasteiger partial charge < -0.3 is 9.13 Å². The Morgan fingerprint density at radius 2 is 0.914 bits per heavy atom. The zero-order chi connectivity index (χ0) is 47.5. The molecule has 8 aromatic carbocycles. The summed E-state index contributed by atoms with van der Waals surface area (Å²) < 4.78 is 48.5. The minimum absolute atomic E-state index is 0.113. The van der Waals surface area contributed by atoms with Crippen molar-refractivity contribution in [1.29, 1.82) is 10.5 Å². The molecule has 10 aromatic rings. The van der Waals surface area contributed by atoms with Crippen molar-refractivity contribution in [1.82, 2.24) is 9.13 Å². The maximum atomic E-state index is 14.7. The Morgan fingerprint density at radius 1 is 0.429 bits per heavy atom. The summed E-state index contributed by atoms with van der Waals surface area (Å²) in [5.74, 6) is 0. The molecule has 0 spiro atoms. The first-order valence-corrected chi connectivity index (χ1v) is 23.1. The first kappa shape index (κ1) is 42.2. The number of fused-ring (bicyclic) bond motifs is 6. The average Bonchev–Trinajstić information content (AvgIpc) is 3.92. The van der Waals surface area contributed by atoms with Gasteiger partial charge in [-0.25, -0.2) is 0 Å². The number of hydrogen-bond acceptors (Lipinski definition) is 2. The molecule has 0 unspecified atom stereocenters. The highest BCUT2D eigenvalue weighted by molar-refractivity contribution is 6.13. The number of allylic oxidation sites excluding steroid dienone is 8. The number of alkyl halides is 3. The van der Waals surface area contributed by atoms with E-state index in [0.29, 0.717) is 11.4 Å². The highest BCUT2D eigenvalue weighted by Crippen LogP contribution is 2.43. The van der Waals surface area contributed by atoms with Gasteiger partial charge in [-0.05, 0) is 117 Å². The van der Waals surface area contributed by atoms with Crippen molar-refractivity contribution < 1.29 is 13.2 Å². The normalized spacial score (nSPS) is 15.0. The van der Waals surface area contributed by atoms with Crippen LogP contribution in [-0.4, -0.2) is 9.13 Å². The summed E-state index contributed by atoms with van der Waals surface area (Å²) in [7, 11) is 0. The van der Waals surface area contributed by atoms with Crippen molar-refractivity contribution in [3.05, 3.63) is 240 Å². The molecule has 0 N–H and O–H groups in total. The zero-order valence-electron chi connectivity index (χ0n) is 37.5. The molecule has 70 heavy (non-hydrogen) atoms. The first-order chi connectivity index (χ1) is 34.2. The molecule has 0 saturated heterocycles. The van der Waals surface area contributed by atoms with E-state index < -0.39 is 11.7 Å². The van der Waals surface area contributed by atoms with Crippen molar-refractivity contribution in [2.24, 2.45) is 0 Å². The SMILES string of the molecule is N#Cc1cc(-c2cc(-n3c4cc(=C5C=CC=CC5)ccc4c4ccc(=C5C=CC=CC5)cc43)c(-n3c4cc(-c5ccccc5)ccc4c4ccc(-c5ccccc5)cc43)cc2C#N)cc(C(F)(F)F)c1. The Morgan fingerprint density at radius 3 is 1.37 bits per heavy atom. The van der Waals surface area contributed by atoms with Crippen LogP contribution in [0.5, 0.6) is 0 Å². The van der Waals surface area contributed by atoms with Gasteiger partial charge in [0.1, 0.15) is 0 Å². The molecule has 4 nitrogen and oxygen atoms in total. The van der Waals surface area contributed by atoms with Crippen molar-refractivity contribution >= 4 is 54.8 Å². The number of nitriles is 2. The number of benzene rings is 8. The van der Waals surface area contributed by atoms with Gasteiger partial charge in [-0.2, -0.15) is 23.7 Å². The third-order valence-electron chi connectivity index (χ3n) is 13.7. The lowest BCUT2D eigenvalue weighted by Gasteiger charge is -2.20. The third-order valence-corrected chi connectivity index (χ3v) is 13.7. The molecule has 0 bridgehead atoms. The van der Waals surface area contributed by atoms with E-state index in [1.54, 1.807) is 0 Å². The highest BCUT2D eigenvalue weighted by atomic mass is 19.4. The number of nitrogens with zero attached hydrogens (tertiary/aromatic N) is 4. The molecule has 7 heteroatoms. The molecule has 0 amide bonds. The Hall–Kier alpha value is -9.17. The van der Waals surface area contributed by atoms with Gasteiger partial charge in [0, 0.05) is 27.1 Å². The van der Waals surface area contributed by atoms with E-state index in [2.05, 4.69) is 137 Å². The highest BCUT2D eigenvalue weighted by Gasteiger charge is 2.32. The lowest BCUT2D eigenvalue weighted by molar-refractivity contribution is -0.137. The van der Waals surface area contributed by atoms with E-state index in [1.165, 1.54) is 6.07 Å². The molecule has 2 aliphatic carbocycles. The quantitative estimate of drug-likeness (QED) is 0.173. The number of aromatic nitrogens is 2. The zero-order valence-corrected chi connectivity index (χ0v) is 37.5. The van der Waals surface area contributed by atoms with E-state index in [-0.39, 0.29) is 22.3 Å². The largest absolute Gasteiger partial charge is 0.416 e. The number of hydrogen-bond donors (Lipinski definition) is 0. The van der Waals surface area contributed by atoms with Crippen molar-refractivity contribution in [2.45, 2.75) is 19.0 Å². The van der Waals surface area contributed by atoms with Gasteiger partial charge in [0.25, 0.3) is 0 Å². The lowest BCUT2D eigenvalue weighted by atomic mass is 9.94. The molecular formula is C63H39F3N4. The summed E-state index contributed by atoms with van der Waals surface area (Å²) in [4.78, 5) is 0. The number of halogens is 3. The molecule has 0 saturated carbocycles. The van der Waals surface area contributed by atoms with Crippen LogP contribution < -0.4 is 10.4 Å². The Bertz CT molecular complexity index is 3970. The van der Waals surface area contributed by atoms with Crippen LogP contribution in [0, 0.1) is 22.7 Å². The van der Waals surface area contributed by atoms with Crippen LogP contribution in [0.4, 0.5) is 13.2 Å². The van der Waals surface area contributed by atoms with E-state index in [1.807, 2.05) is 78.9 Å². The Balaban J connectivity index is 1.28. The van der Waals surface area contributed by atoms with Gasteiger partial charge in [-0.1, -0.05) is 158 Å². The molecular weight excluding hydrogens is 870 g/mol. The van der Waals surface area contributed by atoms with Gasteiger partial charge in [-0.3, -0.25) is 0 Å². The summed E-state index contributed by atoms with van der Waals surface area (Å²) in [5.41, 5.74) is 10.6. The summed E-state index contributed by atoms with van der Waals surface area (Å²) >= 11 is 0. The molecule has 0 aliphatic heterocycles. The second kappa shape index (κ2) is 16.9. The van der Waals surface area contributed by atoms with Crippen LogP contribution in [0.3, 0.4) is 0 Å². The molecule has 12 rings (SSSR count). The van der Waals surface area contributed by atoms with Crippen LogP contribution in [0.1, 0.15) is 29.5 Å². The summed E-state index contributed by atoms with van der Waals surface area (Å²) in [6.45, 7) is 0. The van der Waals surface area contributed by atoms with Gasteiger partial charge in [0.2, 0.25) is 0 Å². The first-order valence-electron chi connectivity index (χ1n) is 23.1. The monoisotopic (exact) mass is 908 g/mol. The molecule has 0 radical (unpaired) electrons. The van der Waals surface area contributed by atoms with E-state index >= 15 is 0 Å². The summed E-state index contributed by atoms with van der Waals surface area (Å²) in [6.07, 6.45) is 13.5. The molecule has 2 heterocycles. The van der Waals surface area contributed by atoms with Crippen LogP contribution >= 0.6 is 0 Å². The standard InChI is InChI=1S/C63H39F3N4/c64-63(65,66)51-30-40(38-67)29-49(31-51)56-37-62(70-59-34-47(43-17-9-3-10-18-43)23-27-54(59)55-28-24-48(35-60(55)70)44-19-11-4-12-20-44)61(36-50(56)39-68)69-57-32-45(41-13-5-1-6-14-41)21-25-52(57)53-26-22-46(33-58(53)69)42-15-7-2-8-16-42/h1-17,19,21-37H,18,20H2. The molecule has 2 aliphatic rings.